The average molecular weight is 263 g/mol. The highest BCUT2D eigenvalue weighted by Gasteiger charge is 2.62. The zero-order valence-corrected chi connectivity index (χ0v) is 11.5. The van der Waals surface area contributed by atoms with Crippen LogP contribution in [-0.2, 0) is 0 Å². The van der Waals surface area contributed by atoms with Crippen molar-refractivity contribution >= 4 is 11.8 Å². The van der Waals surface area contributed by atoms with Gasteiger partial charge in [0.05, 0.1) is 23.2 Å². The van der Waals surface area contributed by atoms with Crippen LogP contribution in [0.1, 0.15) is 56.0 Å². The highest BCUT2D eigenvalue weighted by atomic mass is 32.2. The summed E-state index contributed by atoms with van der Waals surface area (Å²) in [6, 6.07) is 2.33. The largest absolute Gasteiger partial charge is 0.339 e. The predicted octanol–water partition coefficient (Wildman–Crippen LogP) is 3.29. The standard InChI is InChI=1S/C13H17N3OS/c1-13(2)8(7-14)10(13)12-15-11(16-17-12)9-5-3-4-6-18-9/h8-10H,3-6H2,1-2H3. The molecule has 1 saturated heterocycles. The summed E-state index contributed by atoms with van der Waals surface area (Å²) in [6.07, 6.45) is 3.68. The topological polar surface area (TPSA) is 62.7 Å². The lowest BCUT2D eigenvalue weighted by Crippen LogP contribution is -2.03. The summed E-state index contributed by atoms with van der Waals surface area (Å²) in [7, 11) is 0. The van der Waals surface area contributed by atoms with Crippen molar-refractivity contribution in [3.63, 3.8) is 0 Å². The Kier molecular flexibility index (Phi) is 2.86. The molecule has 5 heteroatoms. The van der Waals surface area contributed by atoms with Crippen molar-refractivity contribution in [3.8, 4) is 6.07 Å². The summed E-state index contributed by atoms with van der Waals surface area (Å²) < 4.78 is 5.38. The van der Waals surface area contributed by atoms with Crippen molar-refractivity contribution in [1.82, 2.24) is 10.1 Å². The molecule has 4 nitrogen and oxygen atoms in total. The van der Waals surface area contributed by atoms with E-state index in [2.05, 4.69) is 30.1 Å². The first kappa shape index (κ1) is 12.0. The third-order valence-electron chi connectivity index (χ3n) is 4.16. The third-order valence-corrected chi connectivity index (χ3v) is 5.53. The van der Waals surface area contributed by atoms with Gasteiger partial charge in [-0.05, 0) is 24.0 Å². The van der Waals surface area contributed by atoms with E-state index in [0.717, 1.165) is 12.2 Å². The molecule has 0 radical (unpaired) electrons. The van der Waals surface area contributed by atoms with E-state index >= 15 is 0 Å². The van der Waals surface area contributed by atoms with Gasteiger partial charge in [-0.15, -0.1) is 0 Å². The average Bonchev–Trinajstić information content (AvgIpc) is 2.77. The van der Waals surface area contributed by atoms with Crippen molar-refractivity contribution in [2.24, 2.45) is 11.3 Å². The molecule has 1 aromatic rings. The number of rotatable bonds is 2. The Morgan fingerprint density at radius 2 is 2.28 bits per heavy atom. The summed E-state index contributed by atoms with van der Waals surface area (Å²) in [5.41, 5.74) is -0.0156. The first-order chi connectivity index (χ1) is 8.64. The summed E-state index contributed by atoms with van der Waals surface area (Å²) in [5, 5.41) is 13.6. The van der Waals surface area contributed by atoms with Crippen LogP contribution in [-0.4, -0.2) is 15.9 Å². The van der Waals surface area contributed by atoms with E-state index in [1.165, 1.54) is 18.6 Å². The fourth-order valence-electron chi connectivity index (χ4n) is 2.79. The van der Waals surface area contributed by atoms with Gasteiger partial charge in [-0.1, -0.05) is 25.4 Å². The molecule has 1 aromatic heterocycles. The highest BCUT2D eigenvalue weighted by molar-refractivity contribution is 7.99. The van der Waals surface area contributed by atoms with Crippen molar-refractivity contribution in [2.45, 2.75) is 44.3 Å². The van der Waals surface area contributed by atoms with Crippen LogP contribution in [0.15, 0.2) is 4.52 Å². The molecular formula is C13H17N3OS. The minimum Gasteiger partial charge on any atom is -0.339 e. The number of nitriles is 1. The third kappa shape index (κ3) is 1.83. The van der Waals surface area contributed by atoms with Crippen molar-refractivity contribution in [1.29, 1.82) is 5.26 Å². The number of hydrogen-bond acceptors (Lipinski definition) is 5. The van der Waals surface area contributed by atoms with Gasteiger partial charge in [0.25, 0.3) is 0 Å². The SMILES string of the molecule is CC1(C)C(C#N)C1c1nc(C2CCCCS2)no1. The minimum atomic E-state index is -0.0156. The van der Waals surface area contributed by atoms with Gasteiger partial charge in [0, 0.05) is 0 Å². The highest BCUT2D eigenvalue weighted by Crippen LogP contribution is 2.63. The van der Waals surface area contributed by atoms with Gasteiger partial charge in [0.2, 0.25) is 5.89 Å². The fraction of sp³-hybridized carbons (Fsp3) is 0.769. The van der Waals surface area contributed by atoms with Crippen LogP contribution < -0.4 is 0 Å². The minimum absolute atomic E-state index is 0.0156. The Morgan fingerprint density at radius 3 is 2.89 bits per heavy atom. The number of nitrogens with zero attached hydrogens (tertiary/aromatic N) is 3. The lowest BCUT2D eigenvalue weighted by atomic mass is 10.1. The van der Waals surface area contributed by atoms with E-state index in [9.17, 15) is 0 Å². The normalized spacial score (nSPS) is 33.9. The molecular weight excluding hydrogens is 246 g/mol. The molecule has 1 saturated carbocycles. The second-order valence-corrected chi connectivity index (χ2v) is 7.06. The van der Waals surface area contributed by atoms with Crippen LogP contribution >= 0.6 is 11.8 Å². The van der Waals surface area contributed by atoms with Gasteiger partial charge in [-0.3, -0.25) is 0 Å². The summed E-state index contributed by atoms with van der Waals surface area (Å²) >= 11 is 1.92. The van der Waals surface area contributed by atoms with Crippen LogP contribution in [0.4, 0.5) is 0 Å². The number of hydrogen-bond donors (Lipinski definition) is 0. The predicted molar refractivity (Wildman–Crippen MR) is 69.0 cm³/mol. The molecule has 1 aliphatic carbocycles. The van der Waals surface area contributed by atoms with E-state index in [-0.39, 0.29) is 17.3 Å². The van der Waals surface area contributed by atoms with Crippen molar-refractivity contribution in [2.75, 3.05) is 5.75 Å². The van der Waals surface area contributed by atoms with E-state index < -0.39 is 0 Å². The Bertz CT molecular complexity index is 485. The summed E-state index contributed by atoms with van der Waals surface area (Å²) in [4.78, 5) is 4.54. The van der Waals surface area contributed by atoms with E-state index in [1.54, 1.807) is 0 Å². The lowest BCUT2D eigenvalue weighted by molar-refractivity contribution is 0.362. The van der Waals surface area contributed by atoms with Crippen LogP contribution in [0.3, 0.4) is 0 Å². The lowest BCUT2D eigenvalue weighted by Gasteiger charge is -2.17. The molecule has 3 rings (SSSR count). The Hall–Kier alpha value is -1.02. The maximum absolute atomic E-state index is 9.08. The van der Waals surface area contributed by atoms with Crippen LogP contribution in [0.25, 0.3) is 0 Å². The molecule has 0 N–H and O–H groups in total. The molecule has 2 heterocycles. The zero-order chi connectivity index (χ0) is 12.8. The molecule has 0 aromatic carbocycles. The molecule has 0 amide bonds. The smallest absolute Gasteiger partial charge is 0.231 e. The fourth-order valence-corrected chi connectivity index (χ4v) is 4.02. The molecule has 2 aliphatic rings. The molecule has 0 spiro atoms. The monoisotopic (exact) mass is 263 g/mol. The van der Waals surface area contributed by atoms with Crippen molar-refractivity contribution in [3.05, 3.63) is 11.7 Å². The van der Waals surface area contributed by atoms with Crippen LogP contribution in [0, 0.1) is 22.7 Å². The first-order valence-electron chi connectivity index (χ1n) is 6.49. The summed E-state index contributed by atoms with van der Waals surface area (Å²) in [6.45, 7) is 4.18. The van der Waals surface area contributed by atoms with E-state index in [0.29, 0.717) is 11.1 Å². The quantitative estimate of drug-likeness (QED) is 0.819. The van der Waals surface area contributed by atoms with E-state index in [1.807, 2.05) is 11.8 Å². The van der Waals surface area contributed by atoms with Crippen LogP contribution in [0.5, 0.6) is 0 Å². The first-order valence-corrected chi connectivity index (χ1v) is 7.54. The van der Waals surface area contributed by atoms with Gasteiger partial charge < -0.3 is 4.52 Å². The van der Waals surface area contributed by atoms with Gasteiger partial charge in [-0.2, -0.15) is 22.0 Å². The maximum Gasteiger partial charge on any atom is 0.231 e. The van der Waals surface area contributed by atoms with Crippen LogP contribution in [0.2, 0.25) is 0 Å². The van der Waals surface area contributed by atoms with Crippen molar-refractivity contribution < 1.29 is 4.52 Å². The molecule has 18 heavy (non-hydrogen) atoms. The Labute approximate surface area is 111 Å². The van der Waals surface area contributed by atoms with Gasteiger partial charge >= 0.3 is 0 Å². The Balaban J connectivity index is 1.77. The zero-order valence-electron chi connectivity index (χ0n) is 10.7. The molecule has 96 valence electrons. The molecule has 1 aliphatic heterocycles. The second-order valence-electron chi connectivity index (χ2n) is 5.75. The Morgan fingerprint density at radius 1 is 1.44 bits per heavy atom. The molecule has 3 unspecified atom stereocenters. The molecule has 0 bridgehead atoms. The van der Waals surface area contributed by atoms with Gasteiger partial charge in [0.15, 0.2) is 5.82 Å². The maximum atomic E-state index is 9.08. The molecule has 3 atom stereocenters. The number of aromatic nitrogens is 2. The van der Waals surface area contributed by atoms with E-state index in [4.69, 9.17) is 9.78 Å². The number of thioether (sulfide) groups is 1. The second kappa shape index (κ2) is 4.27. The van der Waals surface area contributed by atoms with Gasteiger partial charge in [0.1, 0.15) is 0 Å². The summed E-state index contributed by atoms with van der Waals surface area (Å²) in [5.74, 6) is 2.81. The van der Waals surface area contributed by atoms with Gasteiger partial charge in [-0.25, -0.2) is 0 Å². The molecule has 2 fully saturated rings.